The molecule has 3 nitrogen and oxygen atoms in total. The van der Waals surface area contributed by atoms with E-state index in [1.165, 1.54) is 5.56 Å². The molecule has 2 rings (SSSR count). The number of ether oxygens (including phenoxy) is 1. The van der Waals surface area contributed by atoms with E-state index in [1.807, 2.05) is 48.5 Å². The maximum atomic E-state index is 11.7. The number of benzene rings is 2. The van der Waals surface area contributed by atoms with Gasteiger partial charge in [0.05, 0.1) is 6.61 Å². The van der Waals surface area contributed by atoms with Gasteiger partial charge in [-0.2, -0.15) is 0 Å². The van der Waals surface area contributed by atoms with Crippen LogP contribution in [0.3, 0.4) is 0 Å². The molecule has 20 heavy (non-hydrogen) atoms. The van der Waals surface area contributed by atoms with E-state index >= 15 is 0 Å². The van der Waals surface area contributed by atoms with E-state index in [0.717, 1.165) is 6.42 Å². The molecule has 0 aromatic heterocycles. The lowest BCUT2D eigenvalue weighted by atomic mass is 10.2. The minimum Gasteiger partial charge on any atom is -0.377 e. The molecule has 1 amide bonds. The Labute approximate surface area is 119 Å². The third kappa shape index (κ3) is 4.86. The molecule has 0 spiro atoms. The summed E-state index contributed by atoms with van der Waals surface area (Å²) in [6.07, 6.45) is 0.811. The van der Waals surface area contributed by atoms with Crippen molar-refractivity contribution in [1.82, 2.24) is 5.32 Å². The third-order valence-corrected chi connectivity index (χ3v) is 2.90. The Hall–Kier alpha value is -2.13. The van der Waals surface area contributed by atoms with Gasteiger partial charge in [-0.25, -0.2) is 0 Å². The summed E-state index contributed by atoms with van der Waals surface area (Å²) < 4.78 is 5.56. The van der Waals surface area contributed by atoms with Crippen LogP contribution in [0, 0.1) is 0 Å². The molecule has 2 aromatic rings. The lowest BCUT2D eigenvalue weighted by Crippen LogP contribution is -2.25. The summed E-state index contributed by atoms with van der Waals surface area (Å²) in [5.41, 5.74) is 1.86. The maximum absolute atomic E-state index is 11.7. The van der Waals surface area contributed by atoms with Gasteiger partial charge in [0.1, 0.15) is 0 Å². The Bertz CT molecular complexity index is 511. The molecule has 1 N–H and O–H groups in total. The maximum Gasteiger partial charge on any atom is 0.251 e. The van der Waals surface area contributed by atoms with Crippen LogP contribution in [0.15, 0.2) is 60.7 Å². The van der Waals surface area contributed by atoms with E-state index in [4.69, 9.17) is 4.74 Å². The number of hydrogen-bond donors (Lipinski definition) is 1. The van der Waals surface area contributed by atoms with Crippen molar-refractivity contribution >= 4 is 5.91 Å². The third-order valence-electron chi connectivity index (χ3n) is 2.90. The summed E-state index contributed by atoms with van der Waals surface area (Å²) in [6, 6.07) is 19.3. The van der Waals surface area contributed by atoms with E-state index in [0.29, 0.717) is 25.3 Å². The Morgan fingerprint density at radius 3 is 2.30 bits per heavy atom. The van der Waals surface area contributed by atoms with Gasteiger partial charge in [0.25, 0.3) is 5.91 Å². The van der Waals surface area contributed by atoms with E-state index in [1.54, 1.807) is 12.1 Å². The second-order valence-corrected chi connectivity index (χ2v) is 4.51. The fourth-order valence-electron chi connectivity index (χ4n) is 1.83. The van der Waals surface area contributed by atoms with Gasteiger partial charge >= 0.3 is 0 Å². The smallest absolute Gasteiger partial charge is 0.251 e. The molecule has 0 saturated heterocycles. The van der Waals surface area contributed by atoms with Gasteiger partial charge in [0.15, 0.2) is 0 Å². The van der Waals surface area contributed by atoms with Gasteiger partial charge in [-0.1, -0.05) is 48.5 Å². The summed E-state index contributed by atoms with van der Waals surface area (Å²) >= 11 is 0. The standard InChI is InChI=1S/C17H19NO2/c19-17(16-10-5-2-6-11-16)18-12-7-13-20-14-15-8-3-1-4-9-15/h1-6,8-11H,7,12-14H2,(H,18,19). The van der Waals surface area contributed by atoms with Crippen LogP contribution in [0.2, 0.25) is 0 Å². The van der Waals surface area contributed by atoms with Crippen molar-refractivity contribution in [3.63, 3.8) is 0 Å². The van der Waals surface area contributed by atoms with E-state index < -0.39 is 0 Å². The van der Waals surface area contributed by atoms with Crippen LogP contribution in [-0.2, 0) is 11.3 Å². The minimum absolute atomic E-state index is 0.0336. The monoisotopic (exact) mass is 269 g/mol. The molecule has 2 aromatic carbocycles. The Morgan fingerprint density at radius 1 is 0.950 bits per heavy atom. The fourth-order valence-corrected chi connectivity index (χ4v) is 1.83. The first-order chi connectivity index (χ1) is 9.86. The highest BCUT2D eigenvalue weighted by Crippen LogP contribution is 2.01. The molecular weight excluding hydrogens is 250 g/mol. The largest absolute Gasteiger partial charge is 0.377 e. The van der Waals surface area contributed by atoms with Gasteiger partial charge in [0, 0.05) is 18.7 Å². The van der Waals surface area contributed by atoms with E-state index in [-0.39, 0.29) is 5.91 Å². The molecule has 3 heteroatoms. The van der Waals surface area contributed by atoms with Crippen molar-refractivity contribution in [3.05, 3.63) is 71.8 Å². The first-order valence-corrected chi connectivity index (χ1v) is 6.81. The van der Waals surface area contributed by atoms with Gasteiger partial charge in [-0.3, -0.25) is 4.79 Å². The van der Waals surface area contributed by atoms with Gasteiger partial charge in [-0.05, 0) is 24.1 Å². The van der Waals surface area contributed by atoms with Crippen molar-refractivity contribution in [2.45, 2.75) is 13.0 Å². The van der Waals surface area contributed by atoms with Crippen LogP contribution < -0.4 is 5.32 Å². The number of nitrogens with one attached hydrogen (secondary N) is 1. The summed E-state index contributed by atoms with van der Waals surface area (Å²) in [5, 5.41) is 2.88. The quantitative estimate of drug-likeness (QED) is 0.785. The van der Waals surface area contributed by atoms with Crippen LogP contribution in [0.5, 0.6) is 0 Å². The zero-order valence-electron chi connectivity index (χ0n) is 11.4. The Kier molecular flexibility index (Phi) is 5.80. The molecule has 0 aliphatic heterocycles. The minimum atomic E-state index is -0.0336. The first kappa shape index (κ1) is 14.3. The van der Waals surface area contributed by atoms with Crippen molar-refractivity contribution < 1.29 is 9.53 Å². The predicted molar refractivity (Wildman–Crippen MR) is 79.5 cm³/mol. The van der Waals surface area contributed by atoms with Crippen LogP contribution in [-0.4, -0.2) is 19.1 Å². The van der Waals surface area contributed by atoms with Gasteiger partial charge in [0.2, 0.25) is 0 Å². The van der Waals surface area contributed by atoms with E-state index in [9.17, 15) is 4.79 Å². The normalized spacial score (nSPS) is 10.2. The topological polar surface area (TPSA) is 38.3 Å². The summed E-state index contributed by atoms with van der Waals surface area (Å²) in [4.78, 5) is 11.7. The molecular formula is C17H19NO2. The zero-order chi connectivity index (χ0) is 14.0. The molecule has 0 aliphatic carbocycles. The summed E-state index contributed by atoms with van der Waals surface area (Å²) in [5.74, 6) is -0.0336. The highest BCUT2D eigenvalue weighted by atomic mass is 16.5. The number of rotatable bonds is 7. The van der Waals surface area contributed by atoms with Crippen molar-refractivity contribution in [2.24, 2.45) is 0 Å². The molecule has 0 bridgehead atoms. The van der Waals surface area contributed by atoms with Crippen LogP contribution in [0.25, 0.3) is 0 Å². The summed E-state index contributed by atoms with van der Waals surface area (Å²) in [7, 11) is 0. The van der Waals surface area contributed by atoms with Crippen LogP contribution in [0.1, 0.15) is 22.3 Å². The highest BCUT2D eigenvalue weighted by molar-refractivity contribution is 5.94. The highest BCUT2D eigenvalue weighted by Gasteiger charge is 2.02. The Balaban J connectivity index is 1.57. The average Bonchev–Trinajstić information content (AvgIpc) is 2.52. The van der Waals surface area contributed by atoms with Gasteiger partial charge in [-0.15, -0.1) is 0 Å². The SMILES string of the molecule is O=C(NCCCOCc1ccccc1)c1ccccc1. The van der Waals surface area contributed by atoms with Crippen molar-refractivity contribution in [3.8, 4) is 0 Å². The molecule has 0 heterocycles. The van der Waals surface area contributed by atoms with Crippen LogP contribution in [0.4, 0.5) is 0 Å². The summed E-state index contributed by atoms with van der Waals surface area (Å²) in [6.45, 7) is 1.89. The number of carbonyl (C=O) groups is 1. The van der Waals surface area contributed by atoms with Gasteiger partial charge < -0.3 is 10.1 Å². The first-order valence-electron chi connectivity index (χ1n) is 6.81. The zero-order valence-corrected chi connectivity index (χ0v) is 11.4. The lowest BCUT2D eigenvalue weighted by Gasteiger charge is -2.06. The number of hydrogen-bond acceptors (Lipinski definition) is 2. The van der Waals surface area contributed by atoms with E-state index in [2.05, 4.69) is 5.32 Å². The molecule has 0 saturated carbocycles. The molecule has 0 fully saturated rings. The molecule has 0 unspecified atom stereocenters. The molecule has 0 aliphatic rings. The van der Waals surface area contributed by atoms with Crippen molar-refractivity contribution in [1.29, 1.82) is 0 Å². The van der Waals surface area contributed by atoms with Crippen LogP contribution >= 0.6 is 0 Å². The number of amides is 1. The molecule has 0 atom stereocenters. The second-order valence-electron chi connectivity index (χ2n) is 4.51. The second kappa shape index (κ2) is 8.12. The average molecular weight is 269 g/mol. The Morgan fingerprint density at radius 2 is 1.60 bits per heavy atom. The lowest BCUT2D eigenvalue weighted by molar-refractivity contribution is 0.0934. The molecule has 0 radical (unpaired) electrons. The number of carbonyl (C=O) groups excluding carboxylic acids is 1. The molecule has 104 valence electrons. The van der Waals surface area contributed by atoms with Crippen molar-refractivity contribution in [2.75, 3.05) is 13.2 Å². The fraction of sp³-hybridized carbons (Fsp3) is 0.235. The predicted octanol–water partition coefficient (Wildman–Crippen LogP) is 3.02.